The van der Waals surface area contributed by atoms with Crippen LogP contribution < -0.4 is 10.6 Å². The van der Waals surface area contributed by atoms with E-state index in [9.17, 15) is 4.79 Å². The molecule has 1 atom stereocenters. The summed E-state index contributed by atoms with van der Waals surface area (Å²) in [6, 6.07) is 7.45. The summed E-state index contributed by atoms with van der Waals surface area (Å²) in [4.78, 5) is 12.1. The predicted octanol–water partition coefficient (Wildman–Crippen LogP) is 1.15. The molecule has 2 aromatic rings. The molecular weight excluding hydrogens is 268 g/mol. The van der Waals surface area contributed by atoms with Gasteiger partial charge in [0.2, 0.25) is 5.91 Å². The number of benzene rings is 1. The van der Waals surface area contributed by atoms with Crippen LogP contribution in [0.2, 0.25) is 0 Å². The van der Waals surface area contributed by atoms with Crippen LogP contribution in [0, 0.1) is 12.8 Å². The third kappa shape index (κ3) is 3.85. The van der Waals surface area contributed by atoms with Gasteiger partial charge in [-0.05, 0) is 42.1 Å². The van der Waals surface area contributed by atoms with E-state index in [4.69, 9.17) is 0 Å². The first-order chi connectivity index (χ1) is 10.1. The maximum absolute atomic E-state index is 12.1. The topological polar surface area (TPSA) is 84.7 Å². The highest BCUT2D eigenvalue weighted by molar-refractivity contribution is 5.92. The number of carbonyl (C=O) groups is 1. The molecule has 1 amide bonds. The molecule has 0 bridgehead atoms. The summed E-state index contributed by atoms with van der Waals surface area (Å²) in [5.41, 5.74) is 1.55. The van der Waals surface area contributed by atoms with Crippen LogP contribution in [0.4, 0.5) is 5.69 Å². The van der Waals surface area contributed by atoms with Crippen molar-refractivity contribution in [3.8, 4) is 5.69 Å². The van der Waals surface area contributed by atoms with Gasteiger partial charge in [0.1, 0.15) is 0 Å². The quantitative estimate of drug-likeness (QED) is 0.833. The van der Waals surface area contributed by atoms with Crippen LogP contribution in [0.5, 0.6) is 0 Å². The molecule has 1 heterocycles. The lowest BCUT2D eigenvalue weighted by Gasteiger charge is -2.13. The molecule has 2 N–H and O–H groups in total. The van der Waals surface area contributed by atoms with E-state index >= 15 is 0 Å². The Morgan fingerprint density at radius 1 is 1.43 bits per heavy atom. The molecule has 0 radical (unpaired) electrons. The molecule has 0 aliphatic rings. The normalized spacial score (nSPS) is 12.1. The first-order valence-electron chi connectivity index (χ1n) is 6.98. The van der Waals surface area contributed by atoms with Crippen molar-refractivity contribution in [1.82, 2.24) is 25.5 Å². The molecule has 2 rings (SSSR count). The second-order valence-corrected chi connectivity index (χ2v) is 4.89. The molecule has 0 saturated heterocycles. The number of hydrogen-bond donors (Lipinski definition) is 2. The zero-order valence-corrected chi connectivity index (χ0v) is 12.5. The van der Waals surface area contributed by atoms with E-state index in [0.29, 0.717) is 12.4 Å². The van der Waals surface area contributed by atoms with Crippen molar-refractivity contribution in [2.75, 3.05) is 18.4 Å². The third-order valence-electron chi connectivity index (χ3n) is 3.13. The van der Waals surface area contributed by atoms with E-state index in [1.54, 1.807) is 4.68 Å². The highest BCUT2D eigenvalue weighted by atomic mass is 16.1. The SMILES string of the molecule is CCNCC(C)C(=O)Nc1cccc(-n2nnnc2C)c1. The minimum atomic E-state index is -0.0941. The molecule has 7 heteroatoms. The Morgan fingerprint density at radius 2 is 2.24 bits per heavy atom. The van der Waals surface area contributed by atoms with Crippen molar-refractivity contribution in [3.05, 3.63) is 30.1 Å². The van der Waals surface area contributed by atoms with Crippen LogP contribution in [0.15, 0.2) is 24.3 Å². The summed E-state index contributed by atoms with van der Waals surface area (Å²) in [5, 5.41) is 17.5. The van der Waals surface area contributed by atoms with Gasteiger partial charge >= 0.3 is 0 Å². The van der Waals surface area contributed by atoms with E-state index in [-0.39, 0.29) is 11.8 Å². The van der Waals surface area contributed by atoms with Crippen molar-refractivity contribution in [2.24, 2.45) is 5.92 Å². The first kappa shape index (κ1) is 15.1. The fourth-order valence-corrected chi connectivity index (χ4v) is 1.90. The zero-order chi connectivity index (χ0) is 15.2. The van der Waals surface area contributed by atoms with Crippen LogP contribution in [0.25, 0.3) is 5.69 Å². The van der Waals surface area contributed by atoms with E-state index in [2.05, 4.69) is 26.2 Å². The van der Waals surface area contributed by atoms with Gasteiger partial charge < -0.3 is 10.6 Å². The zero-order valence-electron chi connectivity index (χ0n) is 12.5. The van der Waals surface area contributed by atoms with E-state index in [1.165, 1.54) is 0 Å². The third-order valence-corrected chi connectivity index (χ3v) is 3.13. The molecule has 21 heavy (non-hydrogen) atoms. The van der Waals surface area contributed by atoms with Gasteiger partial charge in [-0.3, -0.25) is 4.79 Å². The summed E-state index contributed by atoms with van der Waals surface area (Å²) in [7, 11) is 0. The molecular formula is C14H20N6O. The van der Waals surface area contributed by atoms with Crippen molar-refractivity contribution < 1.29 is 4.79 Å². The number of tetrazole rings is 1. The van der Waals surface area contributed by atoms with Crippen molar-refractivity contribution in [1.29, 1.82) is 0 Å². The second kappa shape index (κ2) is 6.94. The molecule has 0 spiro atoms. The van der Waals surface area contributed by atoms with Crippen molar-refractivity contribution in [3.63, 3.8) is 0 Å². The monoisotopic (exact) mass is 288 g/mol. The molecule has 0 aliphatic carbocycles. The Balaban J connectivity index is 2.08. The summed E-state index contributed by atoms with van der Waals surface area (Å²) in [6.07, 6.45) is 0. The molecule has 0 aliphatic heterocycles. The van der Waals surface area contributed by atoms with Gasteiger partial charge in [-0.15, -0.1) is 5.10 Å². The lowest BCUT2D eigenvalue weighted by atomic mass is 10.1. The standard InChI is InChI=1S/C14H20N6O/c1-4-15-9-10(2)14(21)16-12-6-5-7-13(8-12)20-11(3)17-18-19-20/h5-8,10,15H,4,9H2,1-3H3,(H,16,21). The van der Waals surface area contributed by atoms with Gasteiger partial charge in [0, 0.05) is 18.2 Å². The highest BCUT2D eigenvalue weighted by Crippen LogP contribution is 2.15. The van der Waals surface area contributed by atoms with Gasteiger partial charge in [-0.1, -0.05) is 19.9 Å². The molecule has 112 valence electrons. The summed E-state index contributed by atoms with van der Waals surface area (Å²) >= 11 is 0. The summed E-state index contributed by atoms with van der Waals surface area (Å²) in [5.74, 6) is 0.587. The maximum atomic E-state index is 12.1. The number of aryl methyl sites for hydroxylation is 1. The summed E-state index contributed by atoms with van der Waals surface area (Å²) in [6.45, 7) is 7.25. The number of amides is 1. The highest BCUT2D eigenvalue weighted by Gasteiger charge is 2.13. The number of rotatable bonds is 6. The van der Waals surface area contributed by atoms with Crippen LogP contribution in [-0.2, 0) is 4.79 Å². The first-order valence-corrected chi connectivity index (χ1v) is 6.98. The molecule has 7 nitrogen and oxygen atoms in total. The van der Waals surface area contributed by atoms with E-state index in [1.807, 2.05) is 45.0 Å². The maximum Gasteiger partial charge on any atom is 0.228 e. The Labute approximate surface area is 123 Å². The Bertz CT molecular complexity index is 609. The van der Waals surface area contributed by atoms with Crippen molar-refractivity contribution in [2.45, 2.75) is 20.8 Å². The minimum Gasteiger partial charge on any atom is -0.326 e. The van der Waals surface area contributed by atoms with Crippen LogP contribution in [-0.4, -0.2) is 39.2 Å². The second-order valence-electron chi connectivity index (χ2n) is 4.89. The van der Waals surface area contributed by atoms with Gasteiger partial charge in [-0.25, -0.2) is 0 Å². The Morgan fingerprint density at radius 3 is 2.90 bits per heavy atom. The number of hydrogen-bond acceptors (Lipinski definition) is 5. The molecule has 0 fully saturated rings. The van der Waals surface area contributed by atoms with Gasteiger partial charge in [0.25, 0.3) is 0 Å². The van der Waals surface area contributed by atoms with E-state index in [0.717, 1.165) is 17.9 Å². The minimum absolute atomic E-state index is 0.0125. The van der Waals surface area contributed by atoms with Crippen LogP contribution in [0.1, 0.15) is 19.7 Å². The number of carbonyl (C=O) groups excluding carboxylic acids is 1. The Kier molecular flexibility index (Phi) is 4.99. The van der Waals surface area contributed by atoms with Gasteiger partial charge in [0.15, 0.2) is 5.82 Å². The Hall–Kier alpha value is -2.28. The summed E-state index contributed by atoms with van der Waals surface area (Å²) < 4.78 is 1.62. The molecule has 1 unspecified atom stereocenters. The number of nitrogens with one attached hydrogen (secondary N) is 2. The van der Waals surface area contributed by atoms with E-state index < -0.39 is 0 Å². The largest absolute Gasteiger partial charge is 0.326 e. The van der Waals surface area contributed by atoms with Gasteiger partial charge in [-0.2, -0.15) is 4.68 Å². The fraction of sp³-hybridized carbons (Fsp3) is 0.429. The van der Waals surface area contributed by atoms with Crippen molar-refractivity contribution >= 4 is 11.6 Å². The number of aromatic nitrogens is 4. The lowest BCUT2D eigenvalue weighted by Crippen LogP contribution is -2.30. The molecule has 1 aromatic heterocycles. The number of anilines is 1. The number of nitrogens with zero attached hydrogens (tertiary/aromatic N) is 4. The lowest BCUT2D eigenvalue weighted by molar-refractivity contribution is -0.119. The van der Waals surface area contributed by atoms with Crippen LogP contribution in [0.3, 0.4) is 0 Å². The van der Waals surface area contributed by atoms with Gasteiger partial charge in [0.05, 0.1) is 5.69 Å². The average Bonchev–Trinajstić information content (AvgIpc) is 2.91. The molecule has 0 saturated carbocycles. The average molecular weight is 288 g/mol. The smallest absolute Gasteiger partial charge is 0.228 e. The molecule has 1 aromatic carbocycles. The predicted molar refractivity (Wildman–Crippen MR) is 80.2 cm³/mol. The fourth-order valence-electron chi connectivity index (χ4n) is 1.90. The van der Waals surface area contributed by atoms with Crippen LogP contribution >= 0.6 is 0 Å².